The molecule has 0 radical (unpaired) electrons. The highest BCUT2D eigenvalue weighted by molar-refractivity contribution is 7.89. The number of sulfonamides is 1. The number of pyridine rings is 1. The van der Waals surface area contributed by atoms with Crippen LogP contribution in [0.15, 0.2) is 59.8 Å². The maximum Gasteiger partial charge on any atom is 0.434 e. The van der Waals surface area contributed by atoms with Crippen molar-refractivity contribution in [3.8, 4) is 22.4 Å². The highest BCUT2D eigenvalue weighted by Crippen LogP contribution is 2.42. The lowest BCUT2D eigenvalue weighted by Crippen LogP contribution is -2.12. The molecule has 0 saturated carbocycles. The molecule has 6 nitrogen and oxygen atoms in total. The molecule has 0 aliphatic rings. The zero-order valence-corrected chi connectivity index (χ0v) is 15.4. The number of alkyl halides is 3. The molecule has 0 saturated heterocycles. The van der Waals surface area contributed by atoms with Crippen LogP contribution in [0.5, 0.6) is 0 Å². The lowest BCUT2D eigenvalue weighted by molar-refractivity contribution is -0.142. The highest BCUT2D eigenvalue weighted by atomic mass is 32.2. The Morgan fingerprint density at radius 2 is 1.64 bits per heavy atom. The van der Waals surface area contributed by atoms with Gasteiger partial charge in [0.1, 0.15) is 5.69 Å². The average molecular weight is 408 g/mol. The quantitative estimate of drug-likeness (QED) is 0.712. The summed E-state index contributed by atoms with van der Waals surface area (Å²) in [5.74, 6) is 0. The van der Waals surface area contributed by atoms with Gasteiger partial charge in [0.25, 0.3) is 0 Å². The molecule has 10 heteroatoms. The van der Waals surface area contributed by atoms with Crippen LogP contribution in [0.1, 0.15) is 12.6 Å². The van der Waals surface area contributed by atoms with Gasteiger partial charge in [0.05, 0.1) is 4.90 Å². The third-order valence-corrected chi connectivity index (χ3v) is 4.82. The molecule has 0 aliphatic heterocycles. The number of primary sulfonamides is 1. The molecule has 0 fully saturated rings. The molecule has 2 aromatic heterocycles. The first-order chi connectivity index (χ1) is 13.1. The fourth-order valence-electron chi connectivity index (χ4n) is 2.75. The summed E-state index contributed by atoms with van der Waals surface area (Å²) in [4.78, 5) is 3.70. The number of allylic oxidation sites excluding steroid dienone is 1. The molecular formula is C18H15F3N4O2S. The Kier molecular flexibility index (Phi) is 5.09. The summed E-state index contributed by atoms with van der Waals surface area (Å²) in [6, 6.07) is 8.09. The SMILES string of the molecule is CC=Cn1nc(-c2ccc(S(N)(=O)=O)cc2)c(-c2ccncc2)c1C(F)(F)F. The molecule has 0 spiro atoms. The van der Waals surface area contributed by atoms with Crippen molar-refractivity contribution in [2.24, 2.45) is 5.14 Å². The van der Waals surface area contributed by atoms with E-state index < -0.39 is 21.9 Å². The van der Waals surface area contributed by atoms with E-state index in [0.29, 0.717) is 5.56 Å². The minimum atomic E-state index is -4.68. The fourth-order valence-corrected chi connectivity index (χ4v) is 3.27. The Balaban J connectivity index is 2.32. The molecule has 146 valence electrons. The van der Waals surface area contributed by atoms with Gasteiger partial charge >= 0.3 is 6.18 Å². The summed E-state index contributed by atoms with van der Waals surface area (Å²) in [5.41, 5.74) is -0.423. The van der Waals surface area contributed by atoms with Crippen LogP contribution in [-0.4, -0.2) is 23.2 Å². The highest BCUT2D eigenvalue weighted by Gasteiger charge is 2.40. The molecule has 3 rings (SSSR count). The first kappa shape index (κ1) is 19.8. The Labute approximate surface area is 159 Å². The standard InChI is InChI=1S/C18H15F3N4O2S/c1-2-11-25-17(18(19,20)21)15(12-7-9-23-10-8-12)16(24-25)13-3-5-14(6-4-13)28(22,26)27/h2-11H,1H3,(H2,22,26,27). The lowest BCUT2D eigenvalue weighted by atomic mass is 9.99. The third-order valence-electron chi connectivity index (χ3n) is 3.89. The van der Waals surface area contributed by atoms with E-state index in [1.807, 2.05) is 0 Å². The lowest BCUT2D eigenvalue weighted by Gasteiger charge is -2.11. The van der Waals surface area contributed by atoms with Crippen LogP contribution in [-0.2, 0) is 16.2 Å². The van der Waals surface area contributed by atoms with E-state index in [2.05, 4.69) is 10.1 Å². The second-order valence-electron chi connectivity index (χ2n) is 5.80. The number of hydrogen-bond acceptors (Lipinski definition) is 4. The van der Waals surface area contributed by atoms with Gasteiger partial charge in [-0.3, -0.25) is 4.98 Å². The second-order valence-corrected chi connectivity index (χ2v) is 7.36. The van der Waals surface area contributed by atoms with Crippen LogP contribution in [0.4, 0.5) is 13.2 Å². The molecule has 0 amide bonds. The van der Waals surface area contributed by atoms with Gasteiger partial charge in [0.2, 0.25) is 10.0 Å². The van der Waals surface area contributed by atoms with E-state index in [0.717, 1.165) is 4.68 Å². The minimum absolute atomic E-state index is 0.0533. The van der Waals surface area contributed by atoms with Gasteiger partial charge in [-0.05, 0) is 36.8 Å². The van der Waals surface area contributed by atoms with Gasteiger partial charge in [-0.1, -0.05) is 18.2 Å². The first-order valence-corrected chi connectivity index (χ1v) is 9.53. The Morgan fingerprint density at radius 3 is 2.14 bits per heavy atom. The largest absolute Gasteiger partial charge is 0.434 e. The van der Waals surface area contributed by atoms with Crippen molar-refractivity contribution < 1.29 is 21.6 Å². The van der Waals surface area contributed by atoms with Crippen molar-refractivity contribution in [1.82, 2.24) is 14.8 Å². The second kappa shape index (κ2) is 7.21. The Bertz CT molecular complexity index is 1120. The smallest absolute Gasteiger partial charge is 0.265 e. The average Bonchev–Trinajstić information content (AvgIpc) is 3.02. The molecule has 0 atom stereocenters. The molecular weight excluding hydrogens is 393 g/mol. The van der Waals surface area contributed by atoms with Crippen LogP contribution in [0, 0.1) is 0 Å². The minimum Gasteiger partial charge on any atom is -0.265 e. The van der Waals surface area contributed by atoms with Crippen LogP contribution in [0.2, 0.25) is 0 Å². The summed E-state index contributed by atoms with van der Waals surface area (Å²) in [6.45, 7) is 1.58. The van der Waals surface area contributed by atoms with Crippen LogP contribution >= 0.6 is 0 Å². The van der Waals surface area contributed by atoms with Crippen molar-refractivity contribution in [2.45, 2.75) is 18.0 Å². The van der Waals surface area contributed by atoms with Crippen molar-refractivity contribution in [1.29, 1.82) is 0 Å². The predicted octanol–water partition coefficient (Wildman–Crippen LogP) is 3.77. The van der Waals surface area contributed by atoms with E-state index in [9.17, 15) is 21.6 Å². The van der Waals surface area contributed by atoms with Gasteiger partial charge in [-0.25, -0.2) is 18.2 Å². The van der Waals surface area contributed by atoms with Crippen LogP contribution in [0.25, 0.3) is 28.6 Å². The van der Waals surface area contributed by atoms with Crippen LogP contribution < -0.4 is 5.14 Å². The Hall–Kier alpha value is -2.98. The monoisotopic (exact) mass is 408 g/mol. The first-order valence-electron chi connectivity index (χ1n) is 7.99. The third kappa shape index (κ3) is 3.82. The van der Waals surface area contributed by atoms with Gasteiger partial charge in [-0.2, -0.15) is 18.3 Å². The molecule has 1 aromatic carbocycles. The van der Waals surface area contributed by atoms with Crippen molar-refractivity contribution in [3.63, 3.8) is 0 Å². The van der Waals surface area contributed by atoms with Gasteiger partial charge < -0.3 is 0 Å². The van der Waals surface area contributed by atoms with Crippen LogP contribution in [0.3, 0.4) is 0 Å². The fraction of sp³-hybridized carbons (Fsp3) is 0.111. The van der Waals surface area contributed by atoms with E-state index in [4.69, 9.17) is 5.14 Å². The number of hydrogen-bond donors (Lipinski definition) is 1. The predicted molar refractivity (Wildman–Crippen MR) is 98.3 cm³/mol. The number of halogens is 3. The summed E-state index contributed by atoms with van der Waals surface area (Å²) < 4.78 is 65.2. The number of rotatable bonds is 4. The topological polar surface area (TPSA) is 90.9 Å². The van der Waals surface area contributed by atoms with Gasteiger partial charge in [0, 0.05) is 29.7 Å². The molecule has 0 bridgehead atoms. The molecule has 3 aromatic rings. The molecule has 0 aliphatic carbocycles. The molecule has 28 heavy (non-hydrogen) atoms. The maximum absolute atomic E-state index is 13.9. The molecule has 0 unspecified atom stereocenters. The van der Waals surface area contributed by atoms with Gasteiger partial charge in [0.15, 0.2) is 5.69 Å². The van der Waals surface area contributed by atoms with Gasteiger partial charge in [-0.15, -0.1) is 0 Å². The van der Waals surface area contributed by atoms with Crippen molar-refractivity contribution in [3.05, 3.63) is 60.6 Å². The van der Waals surface area contributed by atoms with E-state index in [1.165, 1.54) is 61.1 Å². The summed E-state index contributed by atoms with van der Waals surface area (Å²) in [6.07, 6.45) is 0.735. The zero-order valence-electron chi connectivity index (χ0n) is 14.6. The number of nitrogens with two attached hydrogens (primary N) is 1. The zero-order chi connectivity index (χ0) is 20.5. The number of aromatic nitrogens is 3. The molecule has 2 heterocycles. The summed E-state index contributed by atoms with van der Waals surface area (Å²) in [7, 11) is -3.92. The van der Waals surface area contributed by atoms with Crippen molar-refractivity contribution in [2.75, 3.05) is 0 Å². The van der Waals surface area contributed by atoms with E-state index >= 15 is 0 Å². The van der Waals surface area contributed by atoms with E-state index in [1.54, 1.807) is 6.92 Å². The Morgan fingerprint density at radius 1 is 1.04 bits per heavy atom. The van der Waals surface area contributed by atoms with E-state index in [-0.39, 0.29) is 21.7 Å². The number of nitrogens with zero attached hydrogens (tertiary/aromatic N) is 3. The number of benzene rings is 1. The summed E-state index contributed by atoms with van der Waals surface area (Å²) >= 11 is 0. The normalized spacial score (nSPS) is 12.6. The van der Waals surface area contributed by atoms with Crippen molar-refractivity contribution >= 4 is 16.2 Å². The summed E-state index contributed by atoms with van der Waals surface area (Å²) in [5, 5.41) is 9.19. The maximum atomic E-state index is 13.9. The molecule has 2 N–H and O–H groups in total.